The molecule has 0 aliphatic heterocycles. The summed E-state index contributed by atoms with van der Waals surface area (Å²) in [5.41, 5.74) is 0.745. The van der Waals surface area contributed by atoms with Crippen LogP contribution in [0.1, 0.15) is 24.8 Å². The Balaban J connectivity index is 1.87. The van der Waals surface area contributed by atoms with Crippen LogP contribution in [0.25, 0.3) is 0 Å². The highest BCUT2D eigenvalue weighted by molar-refractivity contribution is 5.73. The van der Waals surface area contributed by atoms with Gasteiger partial charge in [0, 0.05) is 6.04 Å². The fourth-order valence-electron chi connectivity index (χ4n) is 3.77. The molecule has 2 bridgehead atoms. The number of nitrogens with zero attached hydrogens (tertiary/aromatic N) is 1. The van der Waals surface area contributed by atoms with E-state index in [0.717, 1.165) is 19.3 Å². The summed E-state index contributed by atoms with van der Waals surface area (Å²) >= 11 is 0. The van der Waals surface area contributed by atoms with Crippen molar-refractivity contribution in [3.63, 3.8) is 0 Å². The maximum atomic E-state index is 13.1. The van der Waals surface area contributed by atoms with Crippen molar-refractivity contribution in [2.24, 2.45) is 17.8 Å². The van der Waals surface area contributed by atoms with Crippen LogP contribution in [0, 0.1) is 34.9 Å². The fraction of sp³-hybridized carbons (Fsp3) is 0.467. The van der Waals surface area contributed by atoms with Gasteiger partial charge in [-0.2, -0.15) is 5.26 Å². The van der Waals surface area contributed by atoms with Crippen molar-refractivity contribution in [3.8, 4) is 6.07 Å². The minimum Gasteiger partial charge on any atom is -0.481 e. The SMILES string of the molecule is N#Cc1cc(F)ccc1NC1C2CCC(C2)C1C(=O)O. The van der Waals surface area contributed by atoms with Crippen LogP contribution in [-0.2, 0) is 4.79 Å². The smallest absolute Gasteiger partial charge is 0.308 e. The molecule has 0 heterocycles. The van der Waals surface area contributed by atoms with Crippen molar-refractivity contribution in [2.75, 3.05) is 5.32 Å². The van der Waals surface area contributed by atoms with Crippen LogP contribution in [0.15, 0.2) is 18.2 Å². The van der Waals surface area contributed by atoms with Gasteiger partial charge in [0.1, 0.15) is 11.9 Å². The molecule has 0 saturated heterocycles. The van der Waals surface area contributed by atoms with E-state index in [2.05, 4.69) is 5.32 Å². The quantitative estimate of drug-likeness (QED) is 0.888. The summed E-state index contributed by atoms with van der Waals surface area (Å²) in [6.07, 6.45) is 2.92. The summed E-state index contributed by atoms with van der Waals surface area (Å²) in [6.45, 7) is 0. The number of hydrogen-bond donors (Lipinski definition) is 2. The predicted octanol–water partition coefficient (Wildman–Crippen LogP) is 2.61. The molecule has 104 valence electrons. The topological polar surface area (TPSA) is 73.1 Å². The molecule has 0 spiro atoms. The van der Waals surface area contributed by atoms with Crippen molar-refractivity contribution < 1.29 is 14.3 Å². The first-order valence-electron chi connectivity index (χ1n) is 6.79. The van der Waals surface area contributed by atoms with Crippen molar-refractivity contribution in [1.29, 1.82) is 5.26 Å². The number of rotatable bonds is 3. The average molecular weight is 274 g/mol. The lowest BCUT2D eigenvalue weighted by atomic mass is 9.84. The van der Waals surface area contributed by atoms with E-state index in [-0.39, 0.29) is 17.5 Å². The van der Waals surface area contributed by atoms with E-state index in [4.69, 9.17) is 5.26 Å². The zero-order valence-corrected chi connectivity index (χ0v) is 10.8. The zero-order valence-electron chi connectivity index (χ0n) is 10.8. The van der Waals surface area contributed by atoms with Crippen LogP contribution in [-0.4, -0.2) is 17.1 Å². The van der Waals surface area contributed by atoms with Gasteiger partial charge in [0.15, 0.2) is 0 Å². The Morgan fingerprint density at radius 1 is 1.40 bits per heavy atom. The molecule has 4 unspecified atom stereocenters. The maximum Gasteiger partial charge on any atom is 0.308 e. The number of nitrogens with one attached hydrogen (secondary N) is 1. The molecular weight excluding hydrogens is 259 g/mol. The first kappa shape index (κ1) is 12.9. The number of carboxylic acids is 1. The maximum absolute atomic E-state index is 13.1. The highest BCUT2D eigenvalue weighted by Gasteiger charge is 2.51. The lowest BCUT2D eigenvalue weighted by molar-refractivity contribution is -0.143. The third kappa shape index (κ3) is 2.01. The average Bonchev–Trinajstić information content (AvgIpc) is 3.01. The number of carbonyl (C=O) groups is 1. The van der Waals surface area contributed by atoms with Gasteiger partial charge in [0.25, 0.3) is 0 Å². The normalized spacial score (nSPS) is 31.0. The Morgan fingerprint density at radius 2 is 2.15 bits per heavy atom. The van der Waals surface area contributed by atoms with E-state index in [1.165, 1.54) is 18.2 Å². The van der Waals surface area contributed by atoms with E-state index in [1.54, 1.807) is 0 Å². The number of carboxylic acid groups (broad SMARTS) is 1. The molecule has 0 aromatic heterocycles. The summed E-state index contributed by atoms with van der Waals surface area (Å²) in [5.74, 6) is -1.10. The molecule has 4 nitrogen and oxygen atoms in total. The summed E-state index contributed by atoms with van der Waals surface area (Å²) in [4.78, 5) is 11.4. The van der Waals surface area contributed by atoms with E-state index in [1.807, 2.05) is 6.07 Å². The second kappa shape index (κ2) is 4.78. The van der Waals surface area contributed by atoms with Crippen LogP contribution < -0.4 is 5.32 Å². The van der Waals surface area contributed by atoms with Crippen LogP contribution in [0.3, 0.4) is 0 Å². The van der Waals surface area contributed by atoms with Crippen LogP contribution >= 0.6 is 0 Å². The van der Waals surface area contributed by atoms with Crippen LogP contribution in [0.2, 0.25) is 0 Å². The van der Waals surface area contributed by atoms with Crippen molar-refractivity contribution in [1.82, 2.24) is 0 Å². The van der Waals surface area contributed by atoms with Crippen LogP contribution in [0.5, 0.6) is 0 Å². The van der Waals surface area contributed by atoms with E-state index in [0.29, 0.717) is 11.6 Å². The van der Waals surface area contributed by atoms with Gasteiger partial charge in [0.2, 0.25) is 0 Å². The molecule has 2 fully saturated rings. The van der Waals surface area contributed by atoms with Crippen LogP contribution in [0.4, 0.5) is 10.1 Å². The lowest BCUT2D eigenvalue weighted by Gasteiger charge is -2.30. The second-order valence-electron chi connectivity index (χ2n) is 5.67. The number of nitriles is 1. The molecule has 2 aliphatic carbocycles. The van der Waals surface area contributed by atoms with E-state index >= 15 is 0 Å². The molecule has 2 N–H and O–H groups in total. The van der Waals surface area contributed by atoms with E-state index < -0.39 is 17.7 Å². The highest BCUT2D eigenvalue weighted by atomic mass is 19.1. The molecule has 4 atom stereocenters. The van der Waals surface area contributed by atoms with Gasteiger partial charge in [-0.1, -0.05) is 0 Å². The lowest BCUT2D eigenvalue weighted by Crippen LogP contribution is -2.39. The Morgan fingerprint density at radius 3 is 2.85 bits per heavy atom. The number of fused-ring (bicyclic) bond motifs is 2. The number of hydrogen-bond acceptors (Lipinski definition) is 3. The Bertz CT molecular complexity index is 596. The predicted molar refractivity (Wildman–Crippen MR) is 70.5 cm³/mol. The van der Waals surface area contributed by atoms with Gasteiger partial charge in [0.05, 0.1) is 17.2 Å². The molecule has 1 aromatic rings. The molecule has 2 aliphatic rings. The van der Waals surface area contributed by atoms with Crippen molar-refractivity contribution in [2.45, 2.75) is 25.3 Å². The van der Waals surface area contributed by atoms with Gasteiger partial charge in [-0.15, -0.1) is 0 Å². The number of benzene rings is 1. The van der Waals surface area contributed by atoms with E-state index in [9.17, 15) is 14.3 Å². The molecule has 20 heavy (non-hydrogen) atoms. The molecule has 2 saturated carbocycles. The third-order valence-corrected chi connectivity index (χ3v) is 4.63. The number of aliphatic carboxylic acids is 1. The highest BCUT2D eigenvalue weighted by Crippen LogP contribution is 2.49. The van der Waals surface area contributed by atoms with Gasteiger partial charge >= 0.3 is 5.97 Å². The largest absolute Gasteiger partial charge is 0.481 e. The monoisotopic (exact) mass is 274 g/mol. The zero-order chi connectivity index (χ0) is 14.3. The van der Waals surface area contributed by atoms with Crippen molar-refractivity contribution in [3.05, 3.63) is 29.6 Å². The first-order valence-corrected chi connectivity index (χ1v) is 6.79. The molecule has 0 amide bonds. The second-order valence-corrected chi connectivity index (χ2v) is 5.67. The van der Waals surface area contributed by atoms with Gasteiger partial charge in [-0.25, -0.2) is 4.39 Å². The summed E-state index contributed by atoms with van der Waals surface area (Å²) in [5, 5.41) is 21.6. The molecule has 0 radical (unpaired) electrons. The first-order chi connectivity index (χ1) is 9.60. The standard InChI is InChI=1S/C15H15FN2O2/c16-11-3-4-12(10(6-11)7-17)18-14-9-2-1-8(5-9)13(14)15(19)20/h3-4,6,8-9,13-14,18H,1-2,5H2,(H,19,20). The molecular formula is C15H15FN2O2. The number of anilines is 1. The van der Waals surface area contributed by atoms with Crippen molar-refractivity contribution >= 4 is 11.7 Å². The van der Waals surface area contributed by atoms with Gasteiger partial charge < -0.3 is 10.4 Å². The fourth-order valence-corrected chi connectivity index (χ4v) is 3.77. The van der Waals surface area contributed by atoms with Gasteiger partial charge in [-0.05, 0) is 49.3 Å². The summed E-state index contributed by atoms with van der Waals surface area (Å²) in [6, 6.07) is 5.75. The molecule has 5 heteroatoms. The minimum atomic E-state index is -0.782. The number of halogens is 1. The summed E-state index contributed by atoms with van der Waals surface area (Å²) in [7, 11) is 0. The Hall–Kier alpha value is -2.09. The minimum absolute atomic E-state index is 0.163. The third-order valence-electron chi connectivity index (χ3n) is 4.63. The molecule has 3 rings (SSSR count). The molecule has 1 aromatic carbocycles. The van der Waals surface area contributed by atoms with Gasteiger partial charge in [-0.3, -0.25) is 4.79 Å². The Labute approximate surface area is 116 Å². The Kier molecular flexibility index (Phi) is 3.09. The summed E-state index contributed by atoms with van der Waals surface area (Å²) < 4.78 is 13.1.